The number of hydrogen-bond donors (Lipinski definition) is 2. The highest BCUT2D eigenvalue weighted by Crippen LogP contribution is 2.17. The van der Waals surface area contributed by atoms with Crippen LogP contribution in [0.3, 0.4) is 0 Å². The Morgan fingerprint density at radius 3 is 2.59 bits per heavy atom. The van der Waals surface area contributed by atoms with Gasteiger partial charge >= 0.3 is 5.97 Å². The molecule has 0 aromatic carbocycles. The Bertz CT molecular complexity index is 262. The lowest BCUT2D eigenvalue weighted by Gasteiger charge is -2.18. The second-order valence-corrected chi connectivity index (χ2v) is 4.67. The number of carbonyl (C=O) groups is 2. The van der Waals surface area contributed by atoms with E-state index < -0.39 is 5.97 Å². The largest absolute Gasteiger partial charge is 0.481 e. The van der Waals surface area contributed by atoms with Crippen molar-refractivity contribution in [3.05, 3.63) is 0 Å². The molecule has 1 fully saturated rings. The minimum Gasteiger partial charge on any atom is -0.481 e. The first-order valence-electron chi connectivity index (χ1n) is 6.28. The van der Waals surface area contributed by atoms with E-state index in [-0.39, 0.29) is 12.3 Å². The Hall–Kier alpha value is -1.10. The van der Waals surface area contributed by atoms with Gasteiger partial charge in [-0.25, -0.2) is 0 Å². The molecule has 1 aliphatic rings. The lowest BCUT2D eigenvalue weighted by Crippen LogP contribution is -2.39. The van der Waals surface area contributed by atoms with E-state index in [4.69, 9.17) is 5.11 Å². The monoisotopic (exact) mass is 242 g/mol. The summed E-state index contributed by atoms with van der Waals surface area (Å²) < 4.78 is 0. The summed E-state index contributed by atoms with van der Waals surface area (Å²) >= 11 is 0. The quantitative estimate of drug-likeness (QED) is 0.694. The Balaban J connectivity index is 2.10. The number of carbonyl (C=O) groups excluding carboxylic acids is 1. The first-order chi connectivity index (χ1) is 8.09. The zero-order valence-corrected chi connectivity index (χ0v) is 10.4. The number of aliphatic carboxylic acids is 1. The summed E-state index contributed by atoms with van der Waals surface area (Å²) in [4.78, 5) is 23.6. The highest BCUT2D eigenvalue weighted by Gasteiger charge is 2.16. The number of nitrogens with one attached hydrogen (secondary N) is 1. The van der Waals surface area contributed by atoms with Crippen molar-refractivity contribution in [3.8, 4) is 0 Å². The van der Waals surface area contributed by atoms with Gasteiger partial charge in [-0.1, -0.05) is 12.8 Å². The molecule has 5 heteroatoms. The first kappa shape index (κ1) is 14.0. The fourth-order valence-corrected chi connectivity index (χ4v) is 2.09. The average Bonchev–Trinajstić information content (AvgIpc) is 2.78. The Morgan fingerprint density at radius 2 is 2.00 bits per heavy atom. The molecule has 1 aliphatic carbocycles. The van der Waals surface area contributed by atoms with Gasteiger partial charge in [-0.05, 0) is 19.3 Å². The molecular weight excluding hydrogens is 220 g/mol. The van der Waals surface area contributed by atoms with Gasteiger partial charge in [0.05, 0.1) is 6.54 Å². The van der Waals surface area contributed by atoms with E-state index in [1.165, 1.54) is 12.8 Å². The fourth-order valence-electron chi connectivity index (χ4n) is 2.09. The smallest absolute Gasteiger partial charge is 0.303 e. The summed E-state index contributed by atoms with van der Waals surface area (Å²) in [5.74, 6) is -0.766. The molecule has 1 amide bonds. The molecule has 0 unspecified atom stereocenters. The minimum atomic E-state index is -0.810. The average molecular weight is 242 g/mol. The van der Waals surface area contributed by atoms with Crippen molar-refractivity contribution in [2.24, 2.45) is 0 Å². The molecule has 2 N–H and O–H groups in total. The van der Waals surface area contributed by atoms with E-state index in [0.29, 0.717) is 25.6 Å². The standard InChI is InChI=1S/C12H22N2O3/c1-14(8-4-7-12(16)17)11(15)9-13-10-5-2-3-6-10/h10,13H,2-9H2,1H3,(H,16,17). The predicted molar refractivity (Wildman–Crippen MR) is 64.8 cm³/mol. The van der Waals surface area contributed by atoms with Crippen molar-refractivity contribution in [1.82, 2.24) is 10.2 Å². The van der Waals surface area contributed by atoms with Gasteiger partial charge in [-0.2, -0.15) is 0 Å². The third-order valence-electron chi connectivity index (χ3n) is 3.21. The minimum absolute atomic E-state index is 0.0438. The van der Waals surface area contributed by atoms with E-state index in [1.807, 2.05) is 0 Å². The number of rotatable bonds is 7. The van der Waals surface area contributed by atoms with E-state index in [9.17, 15) is 9.59 Å². The van der Waals surface area contributed by atoms with E-state index in [0.717, 1.165) is 12.8 Å². The van der Waals surface area contributed by atoms with Crippen LogP contribution in [-0.4, -0.2) is 48.1 Å². The maximum Gasteiger partial charge on any atom is 0.303 e. The van der Waals surface area contributed by atoms with Crippen molar-refractivity contribution in [2.45, 2.75) is 44.6 Å². The molecule has 0 aliphatic heterocycles. The van der Waals surface area contributed by atoms with Crippen molar-refractivity contribution in [1.29, 1.82) is 0 Å². The Labute approximate surface area is 102 Å². The van der Waals surface area contributed by atoms with E-state index >= 15 is 0 Å². The summed E-state index contributed by atoms with van der Waals surface area (Å²) in [6, 6.07) is 0.492. The highest BCUT2D eigenvalue weighted by atomic mass is 16.4. The molecule has 5 nitrogen and oxygen atoms in total. The summed E-state index contributed by atoms with van der Waals surface area (Å²) in [7, 11) is 1.72. The van der Waals surface area contributed by atoms with E-state index in [1.54, 1.807) is 11.9 Å². The first-order valence-corrected chi connectivity index (χ1v) is 6.28. The number of hydrogen-bond acceptors (Lipinski definition) is 3. The van der Waals surface area contributed by atoms with E-state index in [2.05, 4.69) is 5.32 Å². The number of carboxylic acids is 1. The summed E-state index contributed by atoms with van der Waals surface area (Å²) in [5, 5.41) is 11.8. The molecule has 1 saturated carbocycles. The molecule has 0 spiro atoms. The van der Waals surface area contributed by atoms with Gasteiger partial charge in [0, 0.05) is 26.1 Å². The zero-order chi connectivity index (χ0) is 12.7. The van der Waals surface area contributed by atoms with Gasteiger partial charge in [0.1, 0.15) is 0 Å². The maximum absolute atomic E-state index is 11.7. The molecule has 0 saturated heterocycles. The van der Waals surface area contributed by atoms with Gasteiger partial charge in [-0.15, -0.1) is 0 Å². The number of likely N-dealkylation sites (N-methyl/N-ethyl adjacent to an activating group) is 1. The zero-order valence-electron chi connectivity index (χ0n) is 10.4. The van der Waals surface area contributed by atoms with Crippen LogP contribution in [0.4, 0.5) is 0 Å². The summed E-state index contributed by atoms with van der Waals surface area (Å²) in [6.45, 7) is 0.881. The molecule has 0 bridgehead atoms. The van der Waals surface area contributed by atoms with Crippen molar-refractivity contribution in [2.75, 3.05) is 20.1 Å². The van der Waals surface area contributed by atoms with Gasteiger partial charge in [0.15, 0.2) is 0 Å². The number of carboxylic acid groups (broad SMARTS) is 1. The van der Waals surface area contributed by atoms with Crippen molar-refractivity contribution >= 4 is 11.9 Å². The molecule has 0 aromatic heterocycles. The molecule has 1 rings (SSSR count). The second-order valence-electron chi connectivity index (χ2n) is 4.67. The molecule has 98 valence electrons. The maximum atomic E-state index is 11.7. The topological polar surface area (TPSA) is 69.6 Å². The lowest BCUT2D eigenvalue weighted by molar-refractivity contribution is -0.137. The molecule has 0 atom stereocenters. The van der Waals surface area contributed by atoms with Crippen molar-refractivity contribution < 1.29 is 14.7 Å². The van der Waals surface area contributed by atoms with Gasteiger partial charge in [0.25, 0.3) is 0 Å². The number of nitrogens with zero attached hydrogens (tertiary/aromatic N) is 1. The van der Waals surface area contributed by atoms with Crippen LogP contribution < -0.4 is 5.32 Å². The third kappa shape index (κ3) is 5.68. The summed E-state index contributed by atoms with van der Waals surface area (Å²) in [6.07, 6.45) is 5.46. The SMILES string of the molecule is CN(CCCC(=O)O)C(=O)CNC1CCCC1. The van der Waals surface area contributed by atoms with Crippen LogP contribution in [0.25, 0.3) is 0 Å². The molecule has 0 aromatic rings. The number of amides is 1. The van der Waals surface area contributed by atoms with Gasteiger partial charge < -0.3 is 15.3 Å². The molecular formula is C12H22N2O3. The molecule has 17 heavy (non-hydrogen) atoms. The van der Waals surface area contributed by atoms with Crippen LogP contribution in [0, 0.1) is 0 Å². The Morgan fingerprint density at radius 1 is 1.35 bits per heavy atom. The van der Waals surface area contributed by atoms with Crippen LogP contribution >= 0.6 is 0 Å². The highest BCUT2D eigenvalue weighted by molar-refractivity contribution is 5.78. The Kier molecular flexibility index (Phi) is 5.97. The third-order valence-corrected chi connectivity index (χ3v) is 3.21. The van der Waals surface area contributed by atoms with Crippen LogP contribution in [0.1, 0.15) is 38.5 Å². The molecule has 0 heterocycles. The van der Waals surface area contributed by atoms with Gasteiger partial charge in [0.2, 0.25) is 5.91 Å². The van der Waals surface area contributed by atoms with Crippen LogP contribution in [0.15, 0.2) is 0 Å². The van der Waals surface area contributed by atoms with Crippen LogP contribution in [0.5, 0.6) is 0 Å². The van der Waals surface area contributed by atoms with Crippen LogP contribution in [-0.2, 0) is 9.59 Å². The van der Waals surface area contributed by atoms with Crippen LogP contribution in [0.2, 0.25) is 0 Å². The normalized spacial score (nSPS) is 16.1. The van der Waals surface area contributed by atoms with Crippen molar-refractivity contribution in [3.63, 3.8) is 0 Å². The fraction of sp³-hybridized carbons (Fsp3) is 0.833. The van der Waals surface area contributed by atoms with Gasteiger partial charge in [-0.3, -0.25) is 9.59 Å². The molecule has 0 radical (unpaired) electrons. The lowest BCUT2D eigenvalue weighted by atomic mass is 10.2. The second kappa shape index (κ2) is 7.27. The predicted octanol–water partition coefficient (Wildman–Crippen LogP) is 0.842. The summed E-state index contributed by atoms with van der Waals surface area (Å²) in [5.41, 5.74) is 0.